The summed E-state index contributed by atoms with van der Waals surface area (Å²) in [5, 5.41) is 2.37. The molecule has 0 aromatic carbocycles. The fourth-order valence-corrected chi connectivity index (χ4v) is 1.26. The Balaban J connectivity index is 2.81. The number of anilines is 1. The molecular weight excluding hydrogens is 264 g/mol. The summed E-state index contributed by atoms with van der Waals surface area (Å²) in [7, 11) is 1.11. The standard InChI is InChI=1S/C13H16N2O5/c1-13(2,3)20-12(18)15-9-7-8(5-6-14-9)10(16)11(17)19-4/h5-7H,1-4H3,(H,14,15,18). The van der Waals surface area contributed by atoms with Crippen LogP contribution in [0.3, 0.4) is 0 Å². The Morgan fingerprint density at radius 3 is 2.45 bits per heavy atom. The molecule has 0 saturated carbocycles. The van der Waals surface area contributed by atoms with E-state index in [1.807, 2.05) is 0 Å². The van der Waals surface area contributed by atoms with Crippen LogP contribution in [0.1, 0.15) is 31.1 Å². The van der Waals surface area contributed by atoms with Gasteiger partial charge in [-0.25, -0.2) is 14.6 Å². The van der Waals surface area contributed by atoms with E-state index in [9.17, 15) is 14.4 Å². The van der Waals surface area contributed by atoms with Crippen LogP contribution in [0.25, 0.3) is 0 Å². The van der Waals surface area contributed by atoms with E-state index in [1.165, 1.54) is 18.3 Å². The number of ketones is 1. The molecule has 0 aliphatic rings. The van der Waals surface area contributed by atoms with E-state index >= 15 is 0 Å². The third-order valence-electron chi connectivity index (χ3n) is 2.02. The molecule has 1 aromatic heterocycles. The van der Waals surface area contributed by atoms with Crippen LogP contribution in [-0.4, -0.2) is 35.5 Å². The second-order valence-electron chi connectivity index (χ2n) is 4.88. The highest BCUT2D eigenvalue weighted by Gasteiger charge is 2.19. The molecule has 0 spiro atoms. The Hall–Kier alpha value is -2.44. The SMILES string of the molecule is COC(=O)C(=O)c1ccnc(NC(=O)OC(C)(C)C)c1. The van der Waals surface area contributed by atoms with Crippen LogP contribution in [-0.2, 0) is 14.3 Å². The van der Waals surface area contributed by atoms with E-state index in [4.69, 9.17) is 4.74 Å². The van der Waals surface area contributed by atoms with Gasteiger partial charge in [-0.05, 0) is 32.9 Å². The van der Waals surface area contributed by atoms with Gasteiger partial charge in [0, 0.05) is 11.8 Å². The van der Waals surface area contributed by atoms with Gasteiger partial charge in [0.1, 0.15) is 11.4 Å². The van der Waals surface area contributed by atoms with Crippen molar-refractivity contribution in [2.45, 2.75) is 26.4 Å². The van der Waals surface area contributed by atoms with Gasteiger partial charge in [-0.15, -0.1) is 0 Å². The van der Waals surface area contributed by atoms with Crippen molar-refractivity contribution in [1.29, 1.82) is 0 Å². The Labute approximate surface area is 116 Å². The van der Waals surface area contributed by atoms with E-state index in [2.05, 4.69) is 15.0 Å². The van der Waals surface area contributed by atoms with Gasteiger partial charge in [-0.1, -0.05) is 0 Å². The molecule has 1 heterocycles. The van der Waals surface area contributed by atoms with Gasteiger partial charge < -0.3 is 9.47 Å². The molecule has 0 unspecified atom stereocenters. The summed E-state index contributed by atoms with van der Waals surface area (Å²) in [6.07, 6.45) is 0.593. The highest BCUT2D eigenvalue weighted by atomic mass is 16.6. The number of carbonyl (C=O) groups is 3. The molecular formula is C13H16N2O5. The lowest BCUT2D eigenvalue weighted by Gasteiger charge is -2.19. The number of amides is 1. The third kappa shape index (κ3) is 4.68. The lowest BCUT2D eigenvalue weighted by Crippen LogP contribution is -2.27. The van der Waals surface area contributed by atoms with E-state index in [0.29, 0.717) is 0 Å². The molecule has 0 aliphatic heterocycles. The smallest absolute Gasteiger partial charge is 0.413 e. The number of aromatic nitrogens is 1. The van der Waals surface area contributed by atoms with Crippen LogP contribution in [0.5, 0.6) is 0 Å². The summed E-state index contributed by atoms with van der Waals surface area (Å²) < 4.78 is 9.38. The van der Waals surface area contributed by atoms with Crippen LogP contribution >= 0.6 is 0 Å². The van der Waals surface area contributed by atoms with Crippen LogP contribution in [0.15, 0.2) is 18.3 Å². The summed E-state index contributed by atoms with van der Waals surface area (Å²) in [5.41, 5.74) is -0.582. The average molecular weight is 280 g/mol. The minimum Gasteiger partial charge on any atom is -0.463 e. The molecule has 20 heavy (non-hydrogen) atoms. The van der Waals surface area contributed by atoms with Gasteiger partial charge in [-0.3, -0.25) is 10.1 Å². The third-order valence-corrected chi connectivity index (χ3v) is 2.02. The number of pyridine rings is 1. The molecule has 7 nitrogen and oxygen atoms in total. The minimum atomic E-state index is -0.987. The fraction of sp³-hybridized carbons (Fsp3) is 0.385. The van der Waals surface area contributed by atoms with Gasteiger partial charge in [0.2, 0.25) is 0 Å². The van der Waals surface area contributed by atoms with Crippen LogP contribution in [0.4, 0.5) is 10.6 Å². The summed E-state index contributed by atoms with van der Waals surface area (Å²) >= 11 is 0. The van der Waals surface area contributed by atoms with Crippen molar-refractivity contribution < 1.29 is 23.9 Å². The molecule has 0 aliphatic carbocycles. The molecule has 1 amide bonds. The maximum atomic E-state index is 11.6. The summed E-state index contributed by atoms with van der Waals surface area (Å²) in [4.78, 5) is 38.1. The van der Waals surface area contributed by atoms with Crippen molar-refractivity contribution in [2.24, 2.45) is 0 Å². The lowest BCUT2D eigenvalue weighted by atomic mass is 10.2. The van der Waals surface area contributed by atoms with Crippen molar-refractivity contribution in [3.63, 3.8) is 0 Å². The summed E-state index contributed by atoms with van der Waals surface area (Å²) in [5.74, 6) is -1.70. The summed E-state index contributed by atoms with van der Waals surface area (Å²) in [6.45, 7) is 5.16. The Kier molecular flexibility index (Phi) is 4.79. The first-order valence-corrected chi connectivity index (χ1v) is 5.81. The van der Waals surface area contributed by atoms with Gasteiger partial charge >= 0.3 is 12.1 Å². The first-order chi connectivity index (χ1) is 9.23. The van der Waals surface area contributed by atoms with Crippen molar-refractivity contribution >= 4 is 23.7 Å². The van der Waals surface area contributed by atoms with Crippen LogP contribution in [0, 0.1) is 0 Å². The predicted octanol–water partition coefficient (Wildman–Crippen LogP) is 1.78. The highest BCUT2D eigenvalue weighted by molar-refractivity contribution is 6.40. The lowest BCUT2D eigenvalue weighted by molar-refractivity contribution is -0.135. The van der Waals surface area contributed by atoms with Crippen molar-refractivity contribution in [2.75, 3.05) is 12.4 Å². The number of Topliss-reactive ketones (excluding diaryl/α,β-unsaturated/α-hetero) is 1. The molecule has 0 radical (unpaired) electrons. The number of nitrogens with one attached hydrogen (secondary N) is 1. The maximum absolute atomic E-state index is 11.6. The van der Waals surface area contributed by atoms with Crippen molar-refractivity contribution in [3.05, 3.63) is 23.9 Å². The van der Waals surface area contributed by atoms with Crippen molar-refractivity contribution in [3.8, 4) is 0 Å². The minimum absolute atomic E-state index is 0.0675. The first-order valence-electron chi connectivity index (χ1n) is 5.81. The second-order valence-corrected chi connectivity index (χ2v) is 4.88. The fourth-order valence-electron chi connectivity index (χ4n) is 1.26. The molecule has 108 valence electrons. The number of carbonyl (C=O) groups excluding carboxylic acids is 3. The second kappa shape index (κ2) is 6.14. The number of rotatable bonds is 3. The number of methoxy groups -OCH3 is 1. The maximum Gasteiger partial charge on any atom is 0.413 e. The predicted molar refractivity (Wildman–Crippen MR) is 70.4 cm³/mol. The molecule has 0 fully saturated rings. The number of hydrogen-bond acceptors (Lipinski definition) is 6. The molecule has 1 rings (SSSR count). The van der Waals surface area contributed by atoms with Crippen molar-refractivity contribution in [1.82, 2.24) is 4.98 Å². The van der Waals surface area contributed by atoms with Crippen LogP contribution in [0.2, 0.25) is 0 Å². The summed E-state index contributed by atoms with van der Waals surface area (Å²) in [6, 6.07) is 2.61. The topological polar surface area (TPSA) is 94.6 Å². The zero-order valence-electron chi connectivity index (χ0n) is 11.7. The van der Waals surface area contributed by atoms with Gasteiger partial charge in [0.05, 0.1) is 7.11 Å². The normalized spacial score (nSPS) is 10.6. The first kappa shape index (κ1) is 15.6. The number of esters is 1. The molecule has 0 bridgehead atoms. The number of hydrogen-bond donors (Lipinski definition) is 1. The van der Waals surface area contributed by atoms with E-state index in [-0.39, 0.29) is 11.4 Å². The molecule has 0 saturated heterocycles. The Morgan fingerprint density at radius 1 is 1.25 bits per heavy atom. The van der Waals surface area contributed by atoms with Gasteiger partial charge in [0.15, 0.2) is 0 Å². The zero-order valence-corrected chi connectivity index (χ0v) is 11.7. The highest BCUT2D eigenvalue weighted by Crippen LogP contribution is 2.12. The van der Waals surface area contributed by atoms with Gasteiger partial charge in [-0.2, -0.15) is 0 Å². The van der Waals surface area contributed by atoms with Crippen LogP contribution < -0.4 is 5.32 Å². The van der Waals surface area contributed by atoms with E-state index in [1.54, 1.807) is 20.8 Å². The number of nitrogens with zero attached hydrogens (tertiary/aromatic N) is 1. The molecule has 7 heteroatoms. The average Bonchev–Trinajstić information content (AvgIpc) is 2.34. The molecule has 1 aromatic rings. The molecule has 0 atom stereocenters. The quantitative estimate of drug-likeness (QED) is 0.515. The van der Waals surface area contributed by atoms with Gasteiger partial charge in [0.25, 0.3) is 5.78 Å². The van der Waals surface area contributed by atoms with E-state index in [0.717, 1.165) is 7.11 Å². The number of ether oxygens (including phenoxy) is 2. The van der Waals surface area contributed by atoms with E-state index < -0.39 is 23.4 Å². The molecule has 1 N–H and O–H groups in total. The Morgan fingerprint density at radius 2 is 1.90 bits per heavy atom. The largest absolute Gasteiger partial charge is 0.463 e. The Bertz CT molecular complexity index is 534. The monoisotopic (exact) mass is 280 g/mol. The zero-order chi connectivity index (χ0) is 15.3.